The maximum atomic E-state index is 13.0. The van der Waals surface area contributed by atoms with Crippen molar-refractivity contribution in [1.82, 2.24) is 0 Å². The van der Waals surface area contributed by atoms with Crippen LogP contribution in [0.4, 0.5) is 0 Å². The van der Waals surface area contributed by atoms with E-state index in [4.69, 9.17) is 0 Å². The van der Waals surface area contributed by atoms with E-state index in [1.807, 2.05) is 24.3 Å². The molecule has 0 unspecified atom stereocenters. The molecule has 2 aromatic carbocycles. The molecule has 2 aliphatic carbocycles. The lowest BCUT2D eigenvalue weighted by molar-refractivity contribution is 0.595. The molecule has 2 nitrogen and oxygen atoms in total. The molecule has 2 aromatic rings. The summed E-state index contributed by atoms with van der Waals surface area (Å²) in [5.74, 6) is 0. The van der Waals surface area contributed by atoms with E-state index in [-0.39, 0.29) is 0 Å². The molecule has 0 bridgehead atoms. The molecule has 0 aliphatic heterocycles. The summed E-state index contributed by atoms with van der Waals surface area (Å²) in [6, 6.07) is 14.8. The van der Waals surface area contributed by atoms with Crippen LogP contribution in [0.3, 0.4) is 0 Å². The second-order valence-electron chi connectivity index (χ2n) is 9.05. The molecule has 2 aliphatic rings. The largest absolute Gasteiger partial charge is 0.219 e. The average molecular weight is 435 g/mol. The molecule has 0 atom stereocenters. The SMILES string of the molecule is O=S(=O)(c1ccc(CC=C2CCCCC2)cc1)c1ccc(CC=C2CCCCC2)cc1. The predicted octanol–water partition coefficient (Wildman–Crippen LogP) is 7.39. The summed E-state index contributed by atoms with van der Waals surface area (Å²) in [6.45, 7) is 0. The Morgan fingerprint density at radius 3 is 1.26 bits per heavy atom. The van der Waals surface area contributed by atoms with Crippen molar-refractivity contribution < 1.29 is 8.42 Å². The molecule has 0 amide bonds. The Kier molecular flexibility index (Phi) is 7.45. The number of allylic oxidation sites excluding steroid dienone is 4. The molecule has 0 saturated heterocycles. The Morgan fingerprint density at radius 2 is 0.903 bits per heavy atom. The second-order valence-corrected chi connectivity index (χ2v) is 11.0. The van der Waals surface area contributed by atoms with Crippen molar-refractivity contribution in [3.63, 3.8) is 0 Å². The van der Waals surface area contributed by atoms with Crippen LogP contribution >= 0.6 is 0 Å². The van der Waals surface area contributed by atoms with Crippen LogP contribution in [0, 0.1) is 0 Å². The van der Waals surface area contributed by atoms with E-state index in [0.29, 0.717) is 9.79 Å². The van der Waals surface area contributed by atoms with Gasteiger partial charge in [0.05, 0.1) is 9.79 Å². The monoisotopic (exact) mass is 434 g/mol. The quantitative estimate of drug-likeness (QED) is 0.444. The van der Waals surface area contributed by atoms with Crippen LogP contribution in [0.25, 0.3) is 0 Å². The maximum absolute atomic E-state index is 13.0. The lowest BCUT2D eigenvalue weighted by atomic mass is 9.93. The Hall–Kier alpha value is -2.13. The van der Waals surface area contributed by atoms with Crippen LogP contribution in [-0.4, -0.2) is 8.42 Å². The van der Waals surface area contributed by atoms with Gasteiger partial charge in [0.15, 0.2) is 0 Å². The summed E-state index contributed by atoms with van der Waals surface area (Å²) >= 11 is 0. The van der Waals surface area contributed by atoms with Gasteiger partial charge >= 0.3 is 0 Å². The Morgan fingerprint density at radius 1 is 0.548 bits per heavy atom. The van der Waals surface area contributed by atoms with Gasteiger partial charge in [-0.3, -0.25) is 0 Å². The standard InChI is InChI=1S/C28H34O2S/c29-31(30,27-19-15-25(16-20-27)13-11-23-7-3-1-4-8-23)28-21-17-26(18-22-28)14-12-24-9-5-2-6-10-24/h11-12,15-22H,1-10,13-14H2. The Bertz CT molecular complexity index is 930. The van der Waals surface area contributed by atoms with Crippen molar-refractivity contribution in [3.8, 4) is 0 Å². The van der Waals surface area contributed by atoms with Crippen molar-refractivity contribution >= 4 is 9.84 Å². The number of benzene rings is 2. The van der Waals surface area contributed by atoms with E-state index in [1.54, 1.807) is 35.4 Å². The molecule has 2 fully saturated rings. The first-order valence-corrected chi connectivity index (χ1v) is 13.4. The van der Waals surface area contributed by atoms with Gasteiger partial charge in [-0.1, -0.05) is 60.4 Å². The van der Waals surface area contributed by atoms with E-state index < -0.39 is 9.84 Å². The molecule has 164 valence electrons. The van der Waals surface area contributed by atoms with Crippen LogP contribution in [0.1, 0.15) is 75.3 Å². The molecular weight excluding hydrogens is 400 g/mol. The van der Waals surface area contributed by atoms with Crippen LogP contribution in [0.5, 0.6) is 0 Å². The first-order chi connectivity index (χ1) is 15.1. The minimum Gasteiger partial charge on any atom is -0.219 e. The van der Waals surface area contributed by atoms with E-state index in [9.17, 15) is 8.42 Å². The molecule has 2 saturated carbocycles. The zero-order valence-electron chi connectivity index (χ0n) is 18.5. The van der Waals surface area contributed by atoms with Gasteiger partial charge in [-0.05, 0) is 99.6 Å². The van der Waals surface area contributed by atoms with Crippen LogP contribution < -0.4 is 0 Å². The molecule has 31 heavy (non-hydrogen) atoms. The Balaban J connectivity index is 1.40. The van der Waals surface area contributed by atoms with Crippen molar-refractivity contribution in [2.45, 2.75) is 86.8 Å². The number of rotatable bonds is 6. The predicted molar refractivity (Wildman–Crippen MR) is 128 cm³/mol. The van der Waals surface area contributed by atoms with E-state index in [1.165, 1.54) is 75.3 Å². The van der Waals surface area contributed by atoms with Gasteiger partial charge in [-0.2, -0.15) is 0 Å². The third-order valence-corrected chi connectivity index (χ3v) is 8.50. The molecule has 0 spiro atoms. The summed E-state index contributed by atoms with van der Waals surface area (Å²) < 4.78 is 26.1. The summed E-state index contributed by atoms with van der Waals surface area (Å²) in [7, 11) is -3.47. The summed E-state index contributed by atoms with van der Waals surface area (Å²) in [6.07, 6.45) is 19.3. The molecule has 0 radical (unpaired) electrons. The fraction of sp³-hybridized carbons (Fsp3) is 0.429. The molecule has 3 heteroatoms. The zero-order valence-corrected chi connectivity index (χ0v) is 19.3. The maximum Gasteiger partial charge on any atom is 0.206 e. The van der Waals surface area contributed by atoms with Crippen LogP contribution in [-0.2, 0) is 22.7 Å². The smallest absolute Gasteiger partial charge is 0.206 e. The fourth-order valence-corrected chi connectivity index (χ4v) is 5.95. The lowest BCUT2D eigenvalue weighted by Gasteiger charge is -2.13. The minimum atomic E-state index is -3.47. The molecule has 4 rings (SSSR count). The normalized spacial score (nSPS) is 17.4. The topological polar surface area (TPSA) is 34.1 Å². The third kappa shape index (κ3) is 5.98. The van der Waals surface area contributed by atoms with Crippen molar-refractivity contribution in [3.05, 3.63) is 83.0 Å². The van der Waals surface area contributed by atoms with Gasteiger partial charge in [-0.15, -0.1) is 0 Å². The lowest BCUT2D eigenvalue weighted by Crippen LogP contribution is -2.02. The Labute approximate surface area is 188 Å². The third-order valence-electron chi connectivity index (χ3n) is 6.71. The first-order valence-electron chi connectivity index (χ1n) is 11.9. The average Bonchev–Trinajstić information content (AvgIpc) is 2.83. The van der Waals surface area contributed by atoms with Crippen molar-refractivity contribution in [2.75, 3.05) is 0 Å². The minimum absolute atomic E-state index is 0.374. The van der Waals surface area contributed by atoms with Crippen LogP contribution in [0.15, 0.2) is 81.6 Å². The van der Waals surface area contributed by atoms with Gasteiger partial charge in [-0.25, -0.2) is 8.42 Å². The number of hydrogen-bond donors (Lipinski definition) is 0. The fourth-order valence-electron chi connectivity index (χ4n) is 4.69. The highest BCUT2D eigenvalue weighted by atomic mass is 32.2. The summed E-state index contributed by atoms with van der Waals surface area (Å²) in [5, 5.41) is 0. The van der Waals surface area contributed by atoms with E-state index in [0.717, 1.165) is 12.8 Å². The highest BCUT2D eigenvalue weighted by molar-refractivity contribution is 7.91. The number of hydrogen-bond acceptors (Lipinski definition) is 2. The molecular formula is C28H34O2S. The second kappa shape index (κ2) is 10.5. The molecule has 0 heterocycles. The number of sulfone groups is 1. The highest BCUT2D eigenvalue weighted by Crippen LogP contribution is 2.26. The molecule has 0 aromatic heterocycles. The summed E-state index contributed by atoms with van der Waals surface area (Å²) in [5.41, 5.74) is 5.45. The van der Waals surface area contributed by atoms with Gasteiger partial charge in [0.1, 0.15) is 0 Å². The first kappa shape index (κ1) is 22.1. The highest BCUT2D eigenvalue weighted by Gasteiger charge is 2.17. The van der Waals surface area contributed by atoms with Crippen LogP contribution in [0.2, 0.25) is 0 Å². The van der Waals surface area contributed by atoms with Crippen molar-refractivity contribution in [1.29, 1.82) is 0 Å². The van der Waals surface area contributed by atoms with E-state index in [2.05, 4.69) is 12.2 Å². The van der Waals surface area contributed by atoms with Gasteiger partial charge in [0, 0.05) is 0 Å². The van der Waals surface area contributed by atoms with Gasteiger partial charge in [0.2, 0.25) is 9.84 Å². The molecule has 0 N–H and O–H groups in total. The van der Waals surface area contributed by atoms with Gasteiger partial charge in [0.25, 0.3) is 0 Å². The van der Waals surface area contributed by atoms with Crippen molar-refractivity contribution in [2.24, 2.45) is 0 Å². The summed E-state index contributed by atoms with van der Waals surface area (Å²) in [4.78, 5) is 0.747. The zero-order chi connectivity index (χ0) is 21.5. The van der Waals surface area contributed by atoms with E-state index >= 15 is 0 Å². The van der Waals surface area contributed by atoms with Gasteiger partial charge < -0.3 is 0 Å².